The molecule has 0 radical (unpaired) electrons. The quantitative estimate of drug-likeness (QED) is 0.254. The summed E-state index contributed by atoms with van der Waals surface area (Å²) in [7, 11) is 1.71. The maximum Gasteiger partial charge on any atom is 0.273 e. The summed E-state index contributed by atoms with van der Waals surface area (Å²) in [6.45, 7) is 1.82. The number of fused-ring (bicyclic) bond motifs is 1. The van der Waals surface area contributed by atoms with Crippen LogP contribution in [0.3, 0.4) is 0 Å². The maximum absolute atomic E-state index is 13.1. The standard InChI is InChI=1S/C25H21N7O3/c1-14-11-21(32(2)31-14)25(35)28-17-6-3-15(4-7-17)23(33)16-5-8-20-18(12-16)19(24(34)29-20)13-26-22-9-10-27-30-22/h3-13H,1-2H3,(H,28,35)(H,29,34)(H2,26,27,30)/b19-13-. The van der Waals surface area contributed by atoms with Crippen molar-refractivity contribution in [2.45, 2.75) is 6.92 Å². The zero-order valence-corrected chi connectivity index (χ0v) is 18.9. The molecule has 10 heteroatoms. The van der Waals surface area contributed by atoms with Gasteiger partial charge in [0, 0.05) is 53.6 Å². The van der Waals surface area contributed by atoms with Gasteiger partial charge in [0.2, 0.25) is 0 Å². The molecule has 2 aromatic carbocycles. The Hall–Kier alpha value is -4.99. The van der Waals surface area contributed by atoms with Crippen molar-refractivity contribution >= 4 is 40.4 Å². The van der Waals surface area contributed by atoms with Crippen LogP contribution in [0.5, 0.6) is 0 Å². The second kappa shape index (κ2) is 8.75. The van der Waals surface area contributed by atoms with E-state index in [0.717, 1.165) is 5.69 Å². The number of ketones is 1. The van der Waals surface area contributed by atoms with Crippen LogP contribution < -0.4 is 16.0 Å². The topological polar surface area (TPSA) is 134 Å². The van der Waals surface area contributed by atoms with E-state index in [4.69, 9.17) is 0 Å². The molecule has 2 amide bonds. The average molecular weight is 467 g/mol. The third-order valence-electron chi connectivity index (χ3n) is 5.57. The molecule has 0 atom stereocenters. The minimum absolute atomic E-state index is 0.202. The predicted molar refractivity (Wildman–Crippen MR) is 131 cm³/mol. The van der Waals surface area contributed by atoms with E-state index in [2.05, 4.69) is 31.2 Å². The van der Waals surface area contributed by atoms with Crippen molar-refractivity contribution in [2.24, 2.45) is 7.05 Å². The Morgan fingerprint density at radius 1 is 1.03 bits per heavy atom. The monoisotopic (exact) mass is 467 g/mol. The molecule has 0 bridgehead atoms. The Bertz CT molecular complexity index is 1480. The highest BCUT2D eigenvalue weighted by molar-refractivity contribution is 6.32. The number of hydrogen-bond acceptors (Lipinski definition) is 6. The number of anilines is 3. The molecule has 4 aromatic rings. The Kier molecular flexibility index (Phi) is 5.46. The van der Waals surface area contributed by atoms with Crippen molar-refractivity contribution in [3.63, 3.8) is 0 Å². The number of hydrogen-bond donors (Lipinski definition) is 4. The van der Waals surface area contributed by atoms with Crippen LogP contribution in [0.15, 0.2) is 67.0 Å². The number of H-pyrrole nitrogens is 1. The first-order valence-corrected chi connectivity index (χ1v) is 10.8. The van der Waals surface area contributed by atoms with Crippen LogP contribution in [-0.4, -0.2) is 37.6 Å². The Morgan fingerprint density at radius 3 is 2.49 bits per heavy atom. The van der Waals surface area contributed by atoms with Gasteiger partial charge in [-0.25, -0.2) is 0 Å². The van der Waals surface area contributed by atoms with Crippen LogP contribution >= 0.6 is 0 Å². The Labute approximate surface area is 200 Å². The summed E-state index contributed by atoms with van der Waals surface area (Å²) in [5.41, 5.74) is 4.30. The molecule has 174 valence electrons. The lowest BCUT2D eigenvalue weighted by Crippen LogP contribution is -2.16. The van der Waals surface area contributed by atoms with Crippen LogP contribution in [0.25, 0.3) is 5.57 Å². The summed E-state index contributed by atoms with van der Waals surface area (Å²) in [5.74, 6) is -0.189. The second-order valence-corrected chi connectivity index (χ2v) is 8.03. The maximum atomic E-state index is 13.1. The van der Waals surface area contributed by atoms with Gasteiger partial charge in [-0.3, -0.25) is 24.2 Å². The molecule has 35 heavy (non-hydrogen) atoms. The smallest absolute Gasteiger partial charge is 0.273 e. The lowest BCUT2D eigenvalue weighted by atomic mass is 9.98. The van der Waals surface area contributed by atoms with Crippen LogP contribution in [0.2, 0.25) is 0 Å². The van der Waals surface area contributed by atoms with E-state index in [0.29, 0.717) is 45.2 Å². The molecular weight excluding hydrogens is 446 g/mol. The fraction of sp³-hybridized carbons (Fsp3) is 0.0800. The molecule has 10 nitrogen and oxygen atoms in total. The molecule has 3 heterocycles. The first kappa shape index (κ1) is 21.8. The molecule has 0 spiro atoms. The number of amides is 2. The summed E-state index contributed by atoms with van der Waals surface area (Å²) in [6.07, 6.45) is 3.23. The lowest BCUT2D eigenvalue weighted by Gasteiger charge is -2.08. The van der Waals surface area contributed by atoms with E-state index in [9.17, 15) is 14.4 Å². The highest BCUT2D eigenvalue weighted by Gasteiger charge is 2.25. The first-order valence-electron chi connectivity index (χ1n) is 10.8. The Morgan fingerprint density at radius 2 is 1.80 bits per heavy atom. The van der Waals surface area contributed by atoms with Gasteiger partial charge < -0.3 is 16.0 Å². The van der Waals surface area contributed by atoms with Gasteiger partial charge in [0.25, 0.3) is 11.8 Å². The average Bonchev–Trinajstić information content (AvgIpc) is 3.56. The highest BCUT2D eigenvalue weighted by atomic mass is 16.2. The third-order valence-corrected chi connectivity index (χ3v) is 5.57. The molecule has 0 fully saturated rings. The van der Waals surface area contributed by atoms with Gasteiger partial charge in [-0.2, -0.15) is 10.2 Å². The van der Waals surface area contributed by atoms with Crippen molar-refractivity contribution < 1.29 is 14.4 Å². The zero-order valence-electron chi connectivity index (χ0n) is 18.9. The van der Waals surface area contributed by atoms with Gasteiger partial charge in [0.1, 0.15) is 5.69 Å². The van der Waals surface area contributed by atoms with Gasteiger partial charge >= 0.3 is 0 Å². The van der Waals surface area contributed by atoms with Crippen LogP contribution in [0.1, 0.15) is 37.7 Å². The highest BCUT2D eigenvalue weighted by Crippen LogP contribution is 2.33. The molecule has 2 aromatic heterocycles. The van der Waals surface area contributed by atoms with Gasteiger partial charge in [-0.05, 0) is 55.5 Å². The number of nitrogens with zero attached hydrogens (tertiary/aromatic N) is 3. The largest absolute Gasteiger partial charge is 0.344 e. The van der Waals surface area contributed by atoms with E-state index in [1.165, 1.54) is 4.68 Å². The minimum Gasteiger partial charge on any atom is -0.344 e. The van der Waals surface area contributed by atoms with E-state index in [-0.39, 0.29) is 17.6 Å². The van der Waals surface area contributed by atoms with Gasteiger partial charge in [0.15, 0.2) is 11.6 Å². The summed E-state index contributed by atoms with van der Waals surface area (Å²) >= 11 is 0. The fourth-order valence-electron chi connectivity index (χ4n) is 3.85. The van der Waals surface area contributed by atoms with Crippen LogP contribution in [0.4, 0.5) is 17.2 Å². The van der Waals surface area contributed by atoms with E-state index in [1.807, 2.05) is 6.92 Å². The lowest BCUT2D eigenvalue weighted by molar-refractivity contribution is -0.110. The van der Waals surface area contributed by atoms with E-state index in [1.54, 1.807) is 74.0 Å². The molecule has 1 aliphatic heterocycles. The number of rotatable bonds is 6. The number of benzene rings is 2. The summed E-state index contributed by atoms with van der Waals surface area (Å²) in [5, 5.41) is 19.4. The minimum atomic E-state index is -0.286. The molecule has 5 rings (SSSR count). The Balaban J connectivity index is 1.33. The number of aryl methyl sites for hydroxylation is 2. The summed E-state index contributed by atoms with van der Waals surface area (Å²) < 4.78 is 1.52. The fourth-order valence-corrected chi connectivity index (χ4v) is 3.85. The number of aromatic amines is 1. The van der Waals surface area contributed by atoms with E-state index < -0.39 is 0 Å². The molecule has 0 aliphatic carbocycles. The predicted octanol–water partition coefficient (Wildman–Crippen LogP) is 3.34. The van der Waals surface area contributed by atoms with Crippen molar-refractivity contribution in [1.29, 1.82) is 0 Å². The van der Waals surface area contributed by atoms with Gasteiger partial charge in [-0.15, -0.1) is 0 Å². The van der Waals surface area contributed by atoms with Gasteiger partial charge in [-0.1, -0.05) is 0 Å². The van der Waals surface area contributed by atoms with Crippen molar-refractivity contribution in [2.75, 3.05) is 16.0 Å². The summed E-state index contributed by atoms with van der Waals surface area (Å²) in [4.78, 5) is 38.0. The molecule has 1 aliphatic rings. The van der Waals surface area contributed by atoms with Crippen molar-refractivity contribution in [1.82, 2.24) is 20.0 Å². The second-order valence-electron chi connectivity index (χ2n) is 8.03. The molecule has 0 saturated carbocycles. The molecule has 0 unspecified atom stereocenters. The number of carbonyl (C=O) groups excluding carboxylic acids is 3. The third kappa shape index (κ3) is 4.32. The number of aromatic nitrogens is 4. The van der Waals surface area contributed by atoms with Gasteiger partial charge in [0.05, 0.1) is 11.3 Å². The summed E-state index contributed by atoms with van der Waals surface area (Å²) in [6, 6.07) is 15.2. The zero-order chi connectivity index (χ0) is 24.5. The SMILES string of the molecule is Cc1cc(C(=O)Nc2ccc(C(=O)c3ccc4c(c3)/C(=C/Nc3cc[nH]n3)C(=O)N4)cc2)n(C)n1. The number of carbonyl (C=O) groups is 3. The molecule has 0 saturated heterocycles. The number of nitrogens with one attached hydrogen (secondary N) is 4. The molecule has 4 N–H and O–H groups in total. The molecular formula is C25H21N7O3. The van der Waals surface area contributed by atoms with Crippen LogP contribution in [-0.2, 0) is 11.8 Å². The van der Waals surface area contributed by atoms with Crippen molar-refractivity contribution in [3.8, 4) is 0 Å². The van der Waals surface area contributed by atoms with E-state index >= 15 is 0 Å². The normalized spacial score (nSPS) is 13.4. The van der Waals surface area contributed by atoms with Crippen molar-refractivity contribution in [3.05, 3.63) is 95.1 Å². The van der Waals surface area contributed by atoms with Crippen LogP contribution in [0, 0.1) is 6.92 Å². The first-order chi connectivity index (χ1) is 16.9.